The van der Waals surface area contributed by atoms with Crippen LogP contribution >= 0.6 is 0 Å². The number of rotatable bonds is 3. The minimum absolute atomic E-state index is 0.223. The van der Waals surface area contributed by atoms with Crippen molar-refractivity contribution >= 4 is 28.5 Å². The van der Waals surface area contributed by atoms with Crippen molar-refractivity contribution in [2.24, 2.45) is 5.73 Å². The van der Waals surface area contributed by atoms with Crippen LogP contribution in [0.1, 0.15) is 18.4 Å². The molecule has 7 nitrogen and oxygen atoms in total. The van der Waals surface area contributed by atoms with E-state index in [-0.39, 0.29) is 12.5 Å². The summed E-state index contributed by atoms with van der Waals surface area (Å²) < 4.78 is 5.27. The normalized spacial score (nSPS) is 17.2. The van der Waals surface area contributed by atoms with Crippen LogP contribution in [0.5, 0.6) is 0 Å². The number of hydrogen-bond acceptors (Lipinski definition) is 6. The zero-order valence-corrected chi connectivity index (χ0v) is 13.4. The number of carbonyl (C=O) groups is 2. The van der Waals surface area contributed by atoms with Crippen LogP contribution in [0.2, 0.25) is 0 Å². The van der Waals surface area contributed by atoms with E-state index in [2.05, 4.69) is 5.32 Å². The molecule has 3 N–H and O–H groups in total. The molecule has 0 saturated carbocycles. The third-order valence-corrected chi connectivity index (χ3v) is 4.27. The highest BCUT2D eigenvalue weighted by molar-refractivity contribution is 6.00. The molecule has 1 atom stereocenters. The van der Waals surface area contributed by atoms with Crippen molar-refractivity contribution in [3.05, 3.63) is 40.2 Å². The van der Waals surface area contributed by atoms with Gasteiger partial charge in [0.15, 0.2) is 0 Å². The molecule has 2 amide bonds. The minimum atomic E-state index is -0.494. The van der Waals surface area contributed by atoms with Gasteiger partial charge in [-0.1, -0.05) is 0 Å². The maximum atomic E-state index is 12.3. The van der Waals surface area contributed by atoms with Crippen molar-refractivity contribution in [3.8, 4) is 0 Å². The average Bonchev–Trinajstić information content (AvgIpc) is 3.03. The first-order valence-electron chi connectivity index (χ1n) is 7.84. The molecule has 1 fully saturated rings. The van der Waals surface area contributed by atoms with Crippen molar-refractivity contribution in [1.82, 2.24) is 5.32 Å². The highest BCUT2D eigenvalue weighted by Gasteiger charge is 2.31. The third kappa shape index (κ3) is 3.03. The second-order valence-electron chi connectivity index (χ2n) is 5.90. The molecule has 0 bridgehead atoms. The first-order chi connectivity index (χ1) is 11.5. The number of carbonyl (C=O) groups excluding carboxylic acids is 2. The number of aryl methyl sites for hydroxylation is 1. The number of anilines is 1. The van der Waals surface area contributed by atoms with Crippen molar-refractivity contribution in [2.75, 3.05) is 18.0 Å². The van der Waals surface area contributed by atoms with Gasteiger partial charge in [-0.15, -0.1) is 0 Å². The van der Waals surface area contributed by atoms with Gasteiger partial charge in [-0.3, -0.25) is 14.9 Å². The van der Waals surface area contributed by atoms with Crippen LogP contribution in [0.25, 0.3) is 11.0 Å². The number of hydrogen-bond donors (Lipinski definition) is 2. The molecular weight excluding hydrogens is 310 g/mol. The Balaban J connectivity index is 1.92. The maximum absolute atomic E-state index is 12.3. The molecule has 3 rings (SSSR count). The molecule has 126 valence electrons. The van der Waals surface area contributed by atoms with E-state index in [0.29, 0.717) is 18.5 Å². The number of benzene rings is 1. The highest BCUT2D eigenvalue weighted by atomic mass is 16.4. The van der Waals surface area contributed by atoms with Crippen LogP contribution in [0.3, 0.4) is 0 Å². The largest absolute Gasteiger partial charge is 0.423 e. The number of nitrogens with zero attached hydrogens (tertiary/aromatic N) is 1. The summed E-state index contributed by atoms with van der Waals surface area (Å²) in [6.07, 6.45) is 1.49. The van der Waals surface area contributed by atoms with Crippen molar-refractivity contribution < 1.29 is 14.0 Å². The Labute approximate surface area is 138 Å². The molecule has 0 radical (unpaired) electrons. The summed E-state index contributed by atoms with van der Waals surface area (Å²) in [5.74, 6) is -0.847. The summed E-state index contributed by atoms with van der Waals surface area (Å²) in [6, 6.07) is 6.55. The van der Waals surface area contributed by atoms with E-state index in [4.69, 9.17) is 10.2 Å². The second-order valence-corrected chi connectivity index (χ2v) is 5.90. The van der Waals surface area contributed by atoms with Crippen molar-refractivity contribution in [2.45, 2.75) is 25.8 Å². The number of nitrogens with two attached hydrogens (primary N) is 1. The second kappa shape index (κ2) is 6.45. The smallest absolute Gasteiger partial charge is 0.336 e. The molecular formula is C17H19N3O4. The third-order valence-electron chi connectivity index (χ3n) is 4.27. The highest BCUT2D eigenvalue weighted by Crippen LogP contribution is 2.29. The van der Waals surface area contributed by atoms with Gasteiger partial charge in [0.25, 0.3) is 0 Å². The van der Waals surface area contributed by atoms with Gasteiger partial charge in [0.05, 0.1) is 6.54 Å². The standard InChI is InChI=1S/C17H19N3O4/c1-10-7-16(22)24-14-8-11(4-5-12(10)14)20-6-2-3-13(20)17(23)19-15(21)9-18/h4-5,7-8,13H,2-3,6,9,18H2,1H3,(H,19,21,23). The number of fused-ring (bicyclic) bond motifs is 1. The molecule has 0 spiro atoms. The van der Waals surface area contributed by atoms with Crippen LogP contribution in [0, 0.1) is 6.92 Å². The molecule has 1 aromatic heterocycles. The van der Waals surface area contributed by atoms with E-state index >= 15 is 0 Å². The quantitative estimate of drug-likeness (QED) is 0.802. The fraction of sp³-hybridized carbons (Fsp3) is 0.353. The Hall–Kier alpha value is -2.67. The van der Waals surface area contributed by atoms with Crippen LogP contribution in [-0.2, 0) is 9.59 Å². The maximum Gasteiger partial charge on any atom is 0.336 e. The minimum Gasteiger partial charge on any atom is -0.423 e. The van der Waals surface area contributed by atoms with Gasteiger partial charge in [-0.2, -0.15) is 0 Å². The SMILES string of the molecule is Cc1cc(=O)oc2cc(N3CCCC3C(=O)NC(=O)CN)ccc12. The van der Waals surface area contributed by atoms with Gasteiger partial charge in [0.1, 0.15) is 11.6 Å². The summed E-state index contributed by atoms with van der Waals surface area (Å²) in [5.41, 5.74) is 6.95. The molecule has 24 heavy (non-hydrogen) atoms. The van der Waals surface area contributed by atoms with Gasteiger partial charge in [0.2, 0.25) is 11.8 Å². The van der Waals surface area contributed by atoms with E-state index in [1.165, 1.54) is 6.07 Å². The predicted molar refractivity (Wildman–Crippen MR) is 89.8 cm³/mol. The molecule has 0 aliphatic carbocycles. The molecule has 2 heterocycles. The molecule has 7 heteroatoms. The lowest BCUT2D eigenvalue weighted by Gasteiger charge is -2.25. The Morgan fingerprint density at radius 2 is 2.17 bits per heavy atom. The summed E-state index contributed by atoms with van der Waals surface area (Å²) in [6.45, 7) is 2.32. The van der Waals surface area contributed by atoms with E-state index in [9.17, 15) is 14.4 Å². The van der Waals surface area contributed by atoms with Crippen LogP contribution < -0.4 is 21.6 Å². The fourth-order valence-corrected chi connectivity index (χ4v) is 3.11. The van der Waals surface area contributed by atoms with Crippen molar-refractivity contribution in [1.29, 1.82) is 0 Å². The lowest BCUT2D eigenvalue weighted by Crippen LogP contribution is -2.47. The lowest BCUT2D eigenvalue weighted by molar-refractivity contribution is -0.130. The Morgan fingerprint density at radius 3 is 2.92 bits per heavy atom. The average molecular weight is 329 g/mol. The summed E-state index contributed by atoms with van der Waals surface area (Å²) in [5, 5.41) is 3.17. The van der Waals surface area contributed by atoms with E-state index in [1.54, 1.807) is 6.07 Å². The van der Waals surface area contributed by atoms with Gasteiger partial charge in [-0.25, -0.2) is 4.79 Å². The molecule has 1 saturated heterocycles. The first-order valence-corrected chi connectivity index (χ1v) is 7.84. The van der Waals surface area contributed by atoms with Crippen LogP contribution in [-0.4, -0.2) is 30.9 Å². The molecule has 1 unspecified atom stereocenters. The molecule has 1 aliphatic rings. The van der Waals surface area contributed by atoms with E-state index < -0.39 is 17.6 Å². The van der Waals surface area contributed by atoms with Crippen LogP contribution in [0.4, 0.5) is 5.69 Å². The molecule has 2 aromatic rings. The zero-order valence-electron chi connectivity index (χ0n) is 13.4. The topological polar surface area (TPSA) is 106 Å². The Kier molecular flexibility index (Phi) is 4.35. The summed E-state index contributed by atoms with van der Waals surface area (Å²) in [4.78, 5) is 37.1. The predicted octanol–water partition coefficient (Wildman–Crippen LogP) is 0.672. The van der Waals surface area contributed by atoms with E-state index in [1.807, 2.05) is 24.0 Å². The Bertz CT molecular complexity index is 859. The van der Waals surface area contributed by atoms with Gasteiger partial charge in [0, 0.05) is 29.8 Å². The molecule has 1 aromatic carbocycles. The number of amides is 2. The number of nitrogens with one attached hydrogen (secondary N) is 1. The first kappa shape index (κ1) is 16.2. The fourth-order valence-electron chi connectivity index (χ4n) is 3.11. The van der Waals surface area contributed by atoms with Crippen LogP contribution in [0.15, 0.2) is 33.5 Å². The van der Waals surface area contributed by atoms with Gasteiger partial charge < -0.3 is 15.1 Å². The zero-order chi connectivity index (χ0) is 17.3. The van der Waals surface area contributed by atoms with Gasteiger partial charge in [-0.05, 0) is 37.5 Å². The summed E-state index contributed by atoms with van der Waals surface area (Å²) in [7, 11) is 0. The molecule has 1 aliphatic heterocycles. The van der Waals surface area contributed by atoms with Crippen molar-refractivity contribution in [3.63, 3.8) is 0 Å². The lowest BCUT2D eigenvalue weighted by atomic mass is 10.1. The monoisotopic (exact) mass is 329 g/mol. The van der Waals surface area contributed by atoms with Gasteiger partial charge >= 0.3 is 5.63 Å². The summed E-state index contributed by atoms with van der Waals surface area (Å²) >= 11 is 0. The van der Waals surface area contributed by atoms with E-state index in [0.717, 1.165) is 23.1 Å². The number of imide groups is 1. The Morgan fingerprint density at radius 1 is 1.38 bits per heavy atom.